The second-order valence-electron chi connectivity index (χ2n) is 10.5. The molecule has 9 nitrogen and oxygen atoms in total. The van der Waals surface area contributed by atoms with Crippen molar-refractivity contribution in [2.75, 3.05) is 42.9 Å². The van der Waals surface area contributed by atoms with E-state index in [-0.39, 0.29) is 17.7 Å². The normalized spacial score (nSPS) is 12.9. The van der Waals surface area contributed by atoms with Crippen molar-refractivity contribution in [1.29, 1.82) is 0 Å². The topological polar surface area (TPSA) is 99.3 Å². The molecule has 0 aliphatic carbocycles. The molecular weight excluding hydrogens is 563 g/mol. The maximum absolute atomic E-state index is 14.6. The van der Waals surface area contributed by atoms with Gasteiger partial charge in [-0.2, -0.15) is 0 Å². The highest BCUT2D eigenvalue weighted by Gasteiger charge is 2.39. The lowest BCUT2D eigenvalue weighted by Gasteiger charge is -2.33. The molecule has 1 aliphatic heterocycles. The van der Waals surface area contributed by atoms with Gasteiger partial charge in [0.05, 0.1) is 18.4 Å². The molecule has 10 heteroatoms. The predicted octanol–water partition coefficient (Wildman–Crippen LogP) is 4.84. The third-order valence-corrected chi connectivity index (χ3v) is 7.38. The van der Waals surface area contributed by atoms with Crippen LogP contribution in [0.1, 0.15) is 27.5 Å². The first-order chi connectivity index (χ1) is 21.2. The average molecular weight is 595 g/mol. The van der Waals surface area contributed by atoms with Crippen LogP contribution in [-0.2, 0) is 20.9 Å². The van der Waals surface area contributed by atoms with Crippen LogP contribution in [0.5, 0.6) is 5.75 Å². The smallest absolute Gasteiger partial charge is 0.299 e. The minimum absolute atomic E-state index is 0.0609. The number of carbonyl (C=O) groups is 4. The Labute approximate surface area is 254 Å². The Morgan fingerprint density at radius 3 is 2.27 bits per heavy atom. The Morgan fingerprint density at radius 2 is 1.61 bits per heavy atom. The molecule has 1 unspecified atom stereocenters. The molecule has 4 aromatic rings. The number of rotatable bonds is 10. The number of ether oxygens (including phenoxy) is 1. The molecule has 0 aromatic heterocycles. The van der Waals surface area contributed by atoms with E-state index in [2.05, 4.69) is 5.32 Å². The number of amides is 3. The summed E-state index contributed by atoms with van der Waals surface area (Å²) >= 11 is 0. The highest BCUT2D eigenvalue weighted by Crippen LogP contribution is 2.31. The summed E-state index contributed by atoms with van der Waals surface area (Å²) in [5.74, 6) is -2.73. The van der Waals surface area contributed by atoms with E-state index in [9.17, 15) is 23.6 Å². The molecule has 1 aliphatic rings. The first kappa shape index (κ1) is 30.0. The highest BCUT2D eigenvalue weighted by molar-refractivity contribution is 6.52. The number of halogens is 1. The summed E-state index contributed by atoms with van der Waals surface area (Å²) in [6.07, 6.45) is 0. The number of Topliss-reactive ketones (excluding diaryl/α,β-unsaturated/α-hetero) is 1. The largest absolute Gasteiger partial charge is 0.497 e. The van der Waals surface area contributed by atoms with Gasteiger partial charge in [-0.15, -0.1) is 0 Å². The van der Waals surface area contributed by atoms with Crippen molar-refractivity contribution in [1.82, 2.24) is 4.90 Å². The minimum Gasteiger partial charge on any atom is -0.497 e. The summed E-state index contributed by atoms with van der Waals surface area (Å²) in [6.45, 7) is -0.566. The van der Waals surface area contributed by atoms with Gasteiger partial charge in [0.2, 0.25) is 5.91 Å². The molecule has 5 rings (SSSR count). The zero-order valence-corrected chi connectivity index (χ0v) is 24.5. The number of nitrogens with zero attached hydrogens (tertiary/aromatic N) is 3. The summed E-state index contributed by atoms with van der Waals surface area (Å²) in [5, 5.41) is 2.86. The molecule has 1 heterocycles. The first-order valence-corrected chi connectivity index (χ1v) is 13.9. The second-order valence-corrected chi connectivity index (χ2v) is 10.5. The molecule has 4 aromatic carbocycles. The maximum atomic E-state index is 14.6. The van der Waals surface area contributed by atoms with Crippen LogP contribution >= 0.6 is 0 Å². The summed E-state index contributed by atoms with van der Waals surface area (Å²) in [4.78, 5) is 58.1. The Balaban J connectivity index is 1.54. The Hall–Kier alpha value is -5.51. The molecular formula is C34H31FN4O5. The van der Waals surface area contributed by atoms with E-state index >= 15 is 0 Å². The van der Waals surface area contributed by atoms with Gasteiger partial charge in [0.15, 0.2) is 0 Å². The van der Waals surface area contributed by atoms with Gasteiger partial charge >= 0.3 is 0 Å². The summed E-state index contributed by atoms with van der Waals surface area (Å²) < 4.78 is 19.8. The quantitative estimate of drug-likeness (QED) is 0.264. The number of hydrogen-bond acceptors (Lipinski definition) is 6. The van der Waals surface area contributed by atoms with Gasteiger partial charge < -0.3 is 19.9 Å². The van der Waals surface area contributed by atoms with Gasteiger partial charge in [-0.1, -0.05) is 36.4 Å². The monoisotopic (exact) mass is 594 g/mol. The van der Waals surface area contributed by atoms with Crippen LogP contribution in [0.15, 0.2) is 97.1 Å². The fourth-order valence-corrected chi connectivity index (χ4v) is 5.09. The number of nitrogens with one attached hydrogen (secondary N) is 1. The van der Waals surface area contributed by atoms with Crippen molar-refractivity contribution in [3.8, 4) is 5.75 Å². The summed E-state index contributed by atoms with van der Waals surface area (Å²) in [6, 6.07) is 24.7. The van der Waals surface area contributed by atoms with Crippen molar-refractivity contribution in [2.45, 2.75) is 12.6 Å². The molecule has 224 valence electrons. The molecule has 44 heavy (non-hydrogen) atoms. The van der Waals surface area contributed by atoms with Crippen molar-refractivity contribution in [3.63, 3.8) is 0 Å². The van der Waals surface area contributed by atoms with E-state index in [0.29, 0.717) is 22.7 Å². The third kappa shape index (κ3) is 6.29. The Bertz CT molecular complexity index is 1710. The van der Waals surface area contributed by atoms with E-state index in [1.165, 1.54) is 36.3 Å². The zero-order chi connectivity index (χ0) is 31.4. The number of benzene rings is 4. The molecule has 0 bridgehead atoms. The van der Waals surface area contributed by atoms with Gasteiger partial charge in [-0.3, -0.25) is 24.1 Å². The van der Waals surface area contributed by atoms with Gasteiger partial charge in [-0.25, -0.2) is 4.39 Å². The lowest BCUT2D eigenvalue weighted by molar-refractivity contribution is -0.139. The molecule has 0 saturated carbocycles. The Morgan fingerprint density at radius 1 is 0.909 bits per heavy atom. The van der Waals surface area contributed by atoms with Crippen molar-refractivity contribution in [2.24, 2.45) is 0 Å². The van der Waals surface area contributed by atoms with Crippen molar-refractivity contribution in [3.05, 3.63) is 120 Å². The van der Waals surface area contributed by atoms with Crippen LogP contribution in [0, 0.1) is 5.82 Å². The van der Waals surface area contributed by atoms with Crippen LogP contribution in [0.3, 0.4) is 0 Å². The molecule has 0 fully saturated rings. The summed E-state index contributed by atoms with van der Waals surface area (Å²) in [7, 11) is 5.33. The van der Waals surface area contributed by atoms with Crippen molar-refractivity contribution >= 4 is 40.6 Å². The second kappa shape index (κ2) is 12.8. The standard InChI is InChI=1S/C34H31FN4O5/c1-37(2)26-15-13-25(14-16-26)36-33(42)31(23-7-6-8-24(35)19-23)39(20-22-11-17-27(44-3)18-12-22)30(40)21-38-29-10-5-4-9-28(29)32(41)34(38)43/h4-19,31H,20-21H2,1-3H3,(H,36,42). The molecule has 3 amide bonds. The van der Waals surface area contributed by atoms with Crippen LogP contribution < -0.4 is 19.9 Å². The third-order valence-electron chi connectivity index (χ3n) is 7.38. The highest BCUT2D eigenvalue weighted by atomic mass is 19.1. The fraction of sp³-hybridized carbons (Fsp3) is 0.176. The van der Waals surface area contributed by atoms with Gasteiger partial charge in [0, 0.05) is 32.0 Å². The fourth-order valence-electron chi connectivity index (χ4n) is 5.09. The van der Waals surface area contributed by atoms with Crippen LogP contribution in [0.2, 0.25) is 0 Å². The van der Waals surface area contributed by atoms with Gasteiger partial charge in [-0.05, 0) is 71.8 Å². The molecule has 1 N–H and O–H groups in total. The van der Waals surface area contributed by atoms with Gasteiger partial charge in [0.25, 0.3) is 17.6 Å². The zero-order valence-electron chi connectivity index (χ0n) is 24.5. The van der Waals surface area contributed by atoms with E-state index in [4.69, 9.17) is 4.74 Å². The number of para-hydroxylation sites is 1. The molecule has 0 spiro atoms. The number of anilines is 3. The molecule has 0 saturated heterocycles. The van der Waals surface area contributed by atoms with E-state index in [0.717, 1.165) is 10.6 Å². The van der Waals surface area contributed by atoms with E-state index in [1.807, 2.05) is 31.1 Å². The minimum atomic E-state index is -1.29. The van der Waals surface area contributed by atoms with Gasteiger partial charge in [0.1, 0.15) is 24.2 Å². The Kier molecular flexibility index (Phi) is 8.71. The number of ketones is 1. The molecule has 0 radical (unpaired) electrons. The average Bonchev–Trinajstić information content (AvgIpc) is 3.26. The van der Waals surface area contributed by atoms with Crippen molar-refractivity contribution < 1.29 is 28.3 Å². The lowest BCUT2D eigenvalue weighted by atomic mass is 10.0. The number of methoxy groups -OCH3 is 1. The number of fused-ring (bicyclic) bond motifs is 1. The lowest BCUT2D eigenvalue weighted by Crippen LogP contribution is -2.46. The van der Waals surface area contributed by atoms with Crippen LogP contribution in [-0.4, -0.2) is 56.2 Å². The maximum Gasteiger partial charge on any atom is 0.299 e. The van der Waals surface area contributed by atoms with Crippen LogP contribution in [0.25, 0.3) is 0 Å². The SMILES string of the molecule is COc1ccc(CN(C(=O)CN2C(=O)C(=O)c3ccccc32)C(C(=O)Nc2ccc(N(C)C)cc2)c2cccc(F)c2)cc1. The van der Waals surface area contributed by atoms with E-state index < -0.39 is 41.9 Å². The van der Waals surface area contributed by atoms with E-state index in [1.54, 1.807) is 60.7 Å². The predicted molar refractivity (Wildman–Crippen MR) is 165 cm³/mol. The first-order valence-electron chi connectivity index (χ1n) is 13.9. The van der Waals surface area contributed by atoms with Crippen LogP contribution in [0.4, 0.5) is 21.5 Å². The number of carbonyl (C=O) groups excluding carboxylic acids is 4. The number of hydrogen-bond donors (Lipinski definition) is 1. The molecule has 1 atom stereocenters. The summed E-state index contributed by atoms with van der Waals surface area (Å²) in [5.41, 5.74) is 2.81.